The molecule has 4 rings (SSSR count). The molecule has 7 nitrogen and oxygen atoms in total. The molecule has 0 saturated heterocycles. The SMILES string of the molecule is Cc1cc(-c2noc(C(F)(F)F)n2)cc(C)c1OCCCc1noc(C2CCCCC2)n1. The van der Waals surface area contributed by atoms with Crippen molar-refractivity contribution in [3.05, 3.63) is 40.9 Å². The van der Waals surface area contributed by atoms with E-state index in [0.29, 0.717) is 42.5 Å². The smallest absolute Gasteiger partial charge is 0.471 e. The molecule has 0 amide bonds. The summed E-state index contributed by atoms with van der Waals surface area (Å²) in [6, 6.07) is 3.37. The van der Waals surface area contributed by atoms with Gasteiger partial charge in [-0.15, -0.1) is 0 Å². The lowest BCUT2D eigenvalue weighted by Crippen LogP contribution is -2.05. The van der Waals surface area contributed by atoms with E-state index in [9.17, 15) is 13.2 Å². The molecule has 2 aromatic heterocycles. The molecule has 3 aromatic rings. The number of hydrogen-bond donors (Lipinski definition) is 0. The molecule has 1 aromatic carbocycles. The minimum atomic E-state index is -4.67. The van der Waals surface area contributed by atoms with Crippen LogP contribution in [0.25, 0.3) is 11.4 Å². The van der Waals surface area contributed by atoms with Gasteiger partial charge in [0.25, 0.3) is 0 Å². The Morgan fingerprint density at radius 1 is 1.00 bits per heavy atom. The van der Waals surface area contributed by atoms with Gasteiger partial charge in [-0.1, -0.05) is 29.6 Å². The van der Waals surface area contributed by atoms with Gasteiger partial charge in [-0.2, -0.15) is 23.1 Å². The Morgan fingerprint density at radius 2 is 1.72 bits per heavy atom. The van der Waals surface area contributed by atoms with Gasteiger partial charge in [0.05, 0.1) is 6.61 Å². The molecule has 0 atom stereocenters. The highest BCUT2D eigenvalue weighted by Gasteiger charge is 2.38. The van der Waals surface area contributed by atoms with Gasteiger partial charge in [-0.05, 0) is 56.4 Å². The zero-order valence-corrected chi connectivity index (χ0v) is 18.0. The summed E-state index contributed by atoms with van der Waals surface area (Å²) in [4.78, 5) is 7.98. The summed E-state index contributed by atoms with van der Waals surface area (Å²) in [6.07, 6.45) is 2.61. The van der Waals surface area contributed by atoms with Crippen LogP contribution in [0, 0.1) is 13.8 Å². The van der Waals surface area contributed by atoms with E-state index in [2.05, 4.69) is 24.8 Å². The molecular formula is C22H25F3N4O3. The summed E-state index contributed by atoms with van der Waals surface area (Å²) in [5.41, 5.74) is 1.99. The van der Waals surface area contributed by atoms with Gasteiger partial charge >= 0.3 is 12.1 Å². The molecule has 1 aliphatic rings. The number of rotatable bonds is 7. The monoisotopic (exact) mass is 450 g/mol. The average molecular weight is 450 g/mol. The molecule has 10 heteroatoms. The van der Waals surface area contributed by atoms with Crippen LogP contribution in [-0.4, -0.2) is 26.9 Å². The third kappa shape index (κ3) is 5.11. The fourth-order valence-electron chi connectivity index (χ4n) is 4.05. The molecule has 172 valence electrons. The first-order valence-electron chi connectivity index (χ1n) is 10.8. The Labute approximate surface area is 183 Å². The van der Waals surface area contributed by atoms with E-state index in [1.165, 1.54) is 19.3 Å². The van der Waals surface area contributed by atoms with Crippen molar-refractivity contribution in [3.8, 4) is 17.1 Å². The predicted molar refractivity (Wildman–Crippen MR) is 108 cm³/mol. The predicted octanol–water partition coefficient (Wildman–Crippen LogP) is 5.81. The van der Waals surface area contributed by atoms with E-state index in [1.54, 1.807) is 12.1 Å². The quantitative estimate of drug-likeness (QED) is 0.420. The molecule has 0 spiro atoms. The lowest BCUT2D eigenvalue weighted by molar-refractivity contribution is -0.159. The summed E-state index contributed by atoms with van der Waals surface area (Å²) in [7, 11) is 0. The third-order valence-electron chi connectivity index (χ3n) is 5.62. The van der Waals surface area contributed by atoms with Gasteiger partial charge < -0.3 is 13.8 Å². The standard InChI is InChI=1S/C22H25F3N4O3/c1-13-11-16(19-27-21(32-29-19)22(23,24)25)12-14(2)18(13)30-10-6-9-17-26-20(31-28-17)15-7-4-3-5-8-15/h11-12,15H,3-10H2,1-2H3. The second-order valence-corrected chi connectivity index (χ2v) is 8.20. The minimum absolute atomic E-state index is 0.110. The number of nitrogens with zero attached hydrogens (tertiary/aromatic N) is 4. The van der Waals surface area contributed by atoms with Gasteiger partial charge in [-0.3, -0.25) is 0 Å². The second kappa shape index (κ2) is 9.30. The molecule has 1 fully saturated rings. The number of aryl methyl sites for hydroxylation is 3. The van der Waals surface area contributed by atoms with Crippen molar-refractivity contribution < 1.29 is 27.0 Å². The van der Waals surface area contributed by atoms with Gasteiger partial charge in [0.15, 0.2) is 5.82 Å². The van der Waals surface area contributed by atoms with Crippen LogP contribution in [0.3, 0.4) is 0 Å². The van der Waals surface area contributed by atoms with Crippen molar-refractivity contribution in [2.45, 2.75) is 70.9 Å². The molecular weight excluding hydrogens is 425 g/mol. The normalized spacial score (nSPS) is 15.3. The molecule has 0 radical (unpaired) electrons. The van der Waals surface area contributed by atoms with Crippen molar-refractivity contribution in [2.75, 3.05) is 6.61 Å². The lowest BCUT2D eigenvalue weighted by Gasteiger charge is -2.17. The Bertz CT molecular complexity index is 1030. The number of ether oxygens (including phenoxy) is 1. The third-order valence-corrected chi connectivity index (χ3v) is 5.62. The van der Waals surface area contributed by atoms with Gasteiger partial charge in [0.1, 0.15) is 5.75 Å². The van der Waals surface area contributed by atoms with Crippen LogP contribution in [-0.2, 0) is 12.6 Å². The highest BCUT2D eigenvalue weighted by molar-refractivity contribution is 5.61. The van der Waals surface area contributed by atoms with Crippen molar-refractivity contribution in [1.29, 1.82) is 0 Å². The average Bonchev–Trinajstić information content (AvgIpc) is 3.43. The number of benzene rings is 1. The highest BCUT2D eigenvalue weighted by Crippen LogP contribution is 2.33. The van der Waals surface area contributed by atoms with Crippen molar-refractivity contribution in [1.82, 2.24) is 20.3 Å². The van der Waals surface area contributed by atoms with Crippen LogP contribution in [0.15, 0.2) is 21.2 Å². The van der Waals surface area contributed by atoms with Crippen LogP contribution in [0.2, 0.25) is 0 Å². The fourth-order valence-corrected chi connectivity index (χ4v) is 4.05. The van der Waals surface area contributed by atoms with Crippen LogP contribution in [0.1, 0.15) is 73.2 Å². The van der Waals surface area contributed by atoms with Crippen LogP contribution in [0.5, 0.6) is 5.75 Å². The maximum absolute atomic E-state index is 12.7. The first-order valence-corrected chi connectivity index (χ1v) is 10.8. The first-order chi connectivity index (χ1) is 15.3. The van der Waals surface area contributed by atoms with Crippen molar-refractivity contribution >= 4 is 0 Å². The van der Waals surface area contributed by atoms with E-state index in [1.807, 2.05) is 13.8 Å². The molecule has 1 saturated carbocycles. The number of hydrogen-bond acceptors (Lipinski definition) is 7. The largest absolute Gasteiger partial charge is 0.493 e. The molecule has 0 N–H and O–H groups in total. The molecule has 0 bridgehead atoms. The maximum atomic E-state index is 12.7. The summed E-state index contributed by atoms with van der Waals surface area (Å²) in [5, 5.41) is 7.53. The second-order valence-electron chi connectivity index (χ2n) is 8.20. The van der Waals surface area contributed by atoms with E-state index in [-0.39, 0.29) is 5.82 Å². The fraction of sp³-hybridized carbons (Fsp3) is 0.545. The Morgan fingerprint density at radius 3 is 2.38 bits per heavy atom. The minimum Gasteiger partial charge on any atom is -0.493 e. The van der Waals surface area contributed by atoms with Crippen LogP contribution < -0.4 is 4.74 Å². The van der Waals surface area contributed by atoms with E-state index < -0.39 is 12.1 Å². The highest BCUT2D eigenvalue weighted by atomic mass is 19.4. The summed E-state index contributed by atoms with van der Waals surface area (Å²) in [6.45, 7) is 4.10. The number of alkyl halides is 3. The Balaban J connectivity index is 1.33. The summed E-state index contributed by atoms with van der Waals surface area (Å²) in [5.74, 6) is 1.03. The lowest BCUT2D eigenvalue weighted by atomic mass is 9.89. The van der Waals surface area contributed by atoms with Gasteiger partial charge in [0, 0.05) is 17.9 Å². The Hall–Kier alpha value is -2.91. The molecule has 0 aliphatic heterocycles. The van der Waals surface area contributed by atoms with Crippen molar-refractivity contribution in [2.24, 2.45) is 0 Å². The van der Waals surface area contributed by atoms with E-state index >= 15 is 0 Å². The topological polar surface area (TPSA) is 87.1 Å². The molecule has 32 heavy (non-hydrogen) atoms. The summed E-state index contributed by atoms with van der Waals surface area (Å²) >= 11 is 0. The zero-order chi connectivity index (χ0) is 22.7. The van der Waals surface area contributed by atoms with Crippen molar-refractivity contribution in [3.63, 3.8) is 0 Å². The number of halogens is 3. The maximum Gasteiger partial charge on any atom is 0.471 e. The molecule has 1 aliphatic carbocycles. The Kier molecular flexibility index (Phi) is 6.48. The molecule has 0 unspecified atom stereocenters. The first kappa shape index (κ1) is 22.3. The molecule has 2 heterocycles. The van der Waals surface area contributed by atoms with Crippen LogP contribution >= 0.6 is 0 Å². The number of aromatic nitrogens is 4. The summed E-state index contributed by atoms with van der Waals surface area (Å²) < 4.78 is 53.8. The van der Waals surface area contributed by atoms with Crippen LogP contribution in [0.4, 0.5) is 13.2 Å². The zero-order valence-electron chi connectivity index (χ0n) is 18.0. The van der Waals surface area contributed by atoms with E-state index in [0.717, 1.165) is 29.9 Å². The van der Waals surface area contributed by atoms with E-state index in [4.69, 9.17) is 9.26 Å². The van der Waals surface area contributed by atoms with Gasteiger partial charge in [0.2, 0.25) is 11.7 Å². The van der Waals surface area contributed by atoms with Gasteiger partial charge in [-0.25, -0.2) is 0 Å².